The zero-order valence-corrected chi connectivity index (χ0v) is 13.6. The second kappa shape index (κ2) is 5.72. The van der Waals surface area contributed by atoms with E-state index in [1.807, 2.05) is 0 Å². The topological polar surface area (TPSA) is 83.5 Å². The number of sulfonamides is 1. The first-order chi connectivity index (χ1) is 9.31. The van der Waals surface area contributed by atoms with E-state index in [9.17, 15) is 13.2 Å². The van der Waals surface area contributed by atoms with Crippen LogP contribution in [0.3, 0.4) is 0 Å². The van der Waals surface area contributed by atoms with Crippen molar-refractivity contribution >= 4 is 60.5 Å². The van der Waals surface area contributed by atoms with Crippen LogP contribution < -0.4 is 4.72 Å². The second-order valence-corrected chi connectivity index (χ2v) is 8.11. The van der Waals surface area contributed by atoms with Gasteiger partial charge in [-0.2, -0.15) is 0 Å². The molecule has 106 valence electrons. The monoisotopic (exact) mass is 395 g/mol. The lowest BCUT2D eigenvalue weighted by Gasteiger charge is -2.11. The maximum atomic E-state index is 12.2. The van der Waals surface area contributed by atoms with E-state index in [1.54, 1.807) is 6.07 Å². The Labute approximate surface area is 132 Å². The molecule has 2 N–H and O–H groups in total. The molecule has 1 heterocycles. The fraction of sp³-hybridized carbons (Fsp3) is 0. The van der Waals surface area contributed by atoms with Gasteiger partial charge in [0.25, 0.3) is 10.0 Å². The van der Waals surface area contributed by atoms with Crippen molar-refractivity contribution in [3.8, 4) is 0 Å². The van der Waals surface area contributed by atoms with Gasteiger partial charge < -0.3 is 5.11 Å². The second-order valence-electron chi connectivity index (χ2n) is 3.63. The number of hydrogen-bond acceptors (Lipinski definition) is 4. The van der Waals surface area contributed by atoms with E-state index >= 15 is 0 Å². The number of rotatable bonds is 4. The van der Waals surface area contributed by atoms with E-state index in [0.717, 1.165) is 11.3 Å². The first-order valence-electron chi connectivity index (χ1n) is 5.11. The van der Waals surface area contributed by atoms with Gasteiger partial charge in [0.05, 0.1) is 15.6 Å². The van der Waals surface area contributed by atoms with Crippen molar-refractivity contribution in [3.63, 3.8) is 0 Å². The minimum Gasteiger partial charge on any atom is -0.478 e. The predicted octanol–water partition coefficient (Wildman–Crippen LogP) is 3.66. The molecule has 20 heavy (non-hydrogen) atoms. The highest BCUT2D eigenvalue weighted by Crippen LogP contribution is 2.31. The van der Waals surface area contributed by atoms with Gasteiger partial charge in [-0.1, -0.05) is 17.7 Å². The summed E-state index contributed by atoms with van der Waals surface area (Å²) in [6.45, 7) is 0. The lowest BCUT2D eigenvalue weighted by molar-refractivity contribution is 0.0698. The molecule has 1 aromatic carbocycles. The van der Waals surface area contributed by atoms with Crippen LogP contribution in [0.2, 0.25) is 4.34 Å². The van der Waals surface area contributed by atoms with E-state index < -0.39 is 16.0 Å². The molecule has 0 atom stereocenters. The van der Waals surface area contributed by atoms with Gasteiger partial charge in [-0.3, -0.25) is 4.72 Å². The zero-order chi connectivity index (χ0) is 14.9. The first kappa shape index (κ1) is 15.3. The molecule has 0 aliphatic heterocycles. The van der Waals surface area contributed by atoms with E-state index in [4.69, 9.17) is 16.7 Å². The number of benzene rings is 1. The molecular formula is C11H7BrClNO4S2. The molecule has 2 rings (SSSR count). The van der Waals surface area contributed by atoms with Crippen LogP contribution in [0.15, 0.2) is 39.0 Å². The maximum Gasteiger partial charge on any atom is 0.337 e. The molecule has 0 radical (unpaired) electrons. The number of carboxylic acids is 1. The molecule has 0 aliphatic rings. The number of halogens is 2. The molecule has 0 saturated heterocycles. The number of hydrogen-bond donors (Lipinski definition) is 2. The number of carboxylic acid groups (broad SMARTS) is 1. The van der Waals surface area contributed by atoms with Gasteiger partial charge in [-0.25, -0.2) is 13.2 Å². The van der Waals surface area contributed by atoms with Gasteiger partial charge in [0, 0.05) is 4.47 Å². The smallest absolute Gasteiger partial charge is 0.337 e. The van der Waals surface area contributed by atoms with Crippen LogP contribution in [-0.4, -0.2) is 19.5 Å². The highest BCUT2D eigenvalue weighted by atomic mass is 79.9. The lowest BCUT2D eigenvalue weighted by Crippen LogP contribution is -2.15. The van der Waals surface area contributed by atoms with E-state index in [1.165, 1.54) is 24.3 Å². The van der Waals surface area contributed by atoms with Gasteiger partial charge in [0.15, 0.2) is 0 Å². The van der Waals surface area contributed by atoms with E-state index in [2.05, 4.69) is 20.7 Å². The molecule has 0 bridgehead atoms. The molecule has 0 spiro atoms. The Balaban J connectivity index is 2.47. The van der Waals surface area contributed by atoms with Crippen molar-refractivity contribution in [3.05, 3.63) is 44.7 Å². The largest absolute Gasteiger partial charge is 0.478 e. The number of aromatic carboxylic acids is 1. The number of nitrogens with one attached hydrogen (secondary N) is 1. The van der Waals surface area contributed by atoms with Crippen molar-refractivity contribution in [1.82, 2.24) is 0 Å². The summed E-state index contributed by atoms with van der Waals surface area (Å²) in [6.07, 6.45) is 0. The Hall–Kier alpha value is -1.09. The Morgan fingerprint density at radius 2 is 2.00 bits per heavy atom. The Morgan fingerprint density at radius 1 is 1.30 bits per heavy atom. The number of anilines is 1. The summed E-state index contributed by atoms with van der Waals surface area (Å²) in [7, 11) is -3.88. The molecule has 0 saturated carbocycles. The van der Waals surface area contributed by atoms with Crippen LogP contribution in [-0.2, 0) is 10.0 Å². The molecular weight excluding hydrogens is 390 g/mol. The summed E-state index contributed by atoms with van der Waals surface area (Å²) in [4.78, 5) is 11.1. The molecule has 5 nitrogen and oxygen atoms in total. The standard InChI is InChI=1S/C11H7BrClNO4S2/c12-7-3-1-2-6(11(15)16)10(7)14-20(17,18)9-5-4-8(13)19-9/h1-5,14H,(H,15,16). The van der Waals surface area contributed by atoms with Gasteiger partial charge >= 0.3 is 5.97 Å². The molecule has 1 aromatic heterocycles. The third-order valence-electron chi connectivity index (χ3n) is 2.29. The predicted molar refractivity (Wildman–Crippen MR) is 81.2 cm³/mol. The third-order valence-corrected chi connectivity index (χ3v) is 6.03. The van der Waals surface area contributed by atoms with Gasteiger partial charge in [0.2, 0.25) is 0 Å². The minimum absolute atomic E-state index is 0.00888. The quantitative estimate of drug-likeness (QED) is 0.826. The third kappa shape index (κ3) is 3.14. The molecule has 0 unspecified atom stereocenters. The Bertz CT molecular complexity index is 772. The van der Waals surface area contributed by atoms with Crippen LogP contribution in [0, 0.1) is 0 Å². The summed E-state index contributed by atoms with van der Waals surface area (Å²) in [5.74, 6) is -1.23. The highest BCUT2D eigenvalue weighted by molar-refractivity contribution is 9.10. The number of thiophene rings is 1. The highest BCUT2D eigenvalue weighted by Gasteiger charge is 2.21. The van der Waals surface area contributed by atoms with Crippen molar-refractivity contribution in [2.75, 3.05) is 4.72 Å². The van der Waals surface area contributed by atoms with Crippen molar-refractivity contribution in [2.24, 2.45) is 0 Å². The minimum atomic E-state index is -3.88. The SMILES string of the molecule is O=C(O)c1cccc(Br)c1NS(=O)(=O)c1ccc(Cl)s1. The van der Waals surface area contributed by atoms with Crippen molar-refractivity contribution in [1.29, 1.82) is 0 Å². The lowest BCUT2D eigenvalue weighted by atomic mass is 10.2. The maximum absolute atomic E-state index is 12.2. The average Bonchev–Trinajstić information content (AvgIpc) is 2.79. The van der Waals surface area contributed by atoms with E-state index in [-0.39, 0.29) is 15.5 Å². The summed E-state index contributed by atoms with van der Waals surface area (Å²) in [5.41, 5.74) is -0.171. The van der Waals surface area contributed by atoms with E-state index in [0.29, 0.717) is 8.81 Å². The van der Waals surface area contributed by atoms with Crippen LogP contribution in [0.4, 0.5) is 5.69 Å². The molecule has 9 heteroatoms. The summed E-state index contributed by atoms with van der Waals surface area (Å²) in [6, 6.07) is 7.18. The fourth-order valence-electron chi connectivity index (χ4n) is 1.43. The first-order valence-corrected chi connectivity index (χ1v) is 8.58. The van der Waals surface area contributed by atoms with Crippen LogP contribution in [0.25, 0.3) is 0 Å². The van der Waals surface area contributed by atoms with Crippen LogP contribution >= 0.6 is 38.9 Å². The Morgan fingerprint density at radius 3 is 2.55 bits per heavy atom. The molecule has 0 aliphatic carbocycles. The van der Waals surface area contributed by atoms with Gasteiger partial charge in [0.1, 0.15) is 4.21 Å². The molecule has 0 amide bonds. The van der Waals surface area contributed by atoms with Crippen molar-refractivity contribution in [2.45, 2.75) is 4.21 Å². The van der Waals surface area contributed by atoms with Crippen LogP contribution in [0.5, 0.6) is 0 Å². The van der Waals surface area contributed by atoms with Gasteiger partial charge in [-0.15, -0.1) is 11.3 Å². The van der Waals surface area contributed by atoms with Crippen molar-refractivity contribution < 1.29 is 18.3 Å². The Kier molecular flexibility index (Phi) is 4.38. The number of para-hydroxylation sites is 1. The van der Waals surface area contributed by atoms with Crippen LogP contribution in [0.1, 0.15) is 10.4 Å². The zero-order valence-electron chi connectivity index (χ0n) is 9.63. The summed E-state index contributed by atoms with van der Waals surface area (Å²) >= 11 is 9.72. The molecule has 0 fully saturated rings. The number of carbonyl (C=O) groups is 1. The summed E-state index contributed by atoms with van der Waals surface area (Å²) in [5, 5.41) is 9.09. The fourth-order valence-corrected chi connectivity index (χ4v) is 4.61. The normalized spacial score (nSPS) is 11.3. The van der Waals surface area contributed by atoms with Gasteiger partial charge in [-0.05, 0) is 40.2 Å². The average molecular weight is 397 g/mol. The molecule has 2 aromatic rings. The summed E-state index contributed by atoms with van der Waals surface area (Å²) < 4.78 is 27.3.